The number of benzene rings is 1. The van der Waals surface area contributed by atoms with Gasteiger partial charge in [0, 0.05) is 6.42 Å². The number of aromatic nitrogens is 1. The summed E-state index contributed by atoms with van der Waals surface area (Å²) in [6.07, 6.45) is 0.736. The van der Waals surface area contributed by atoms with Crippen molar-refractivity contribution in [2.45, 2.75) is 40.0 Å². The van der Waals surface area contributed by atoms with E-state index in [-0.39, 0.29) is 5.92 Å². The van der Waals surface area contributed by atoms with Crippen molar-refractivity contribution in [3.63, 3.8) is 0 Å². The molecule has 0 bridgehead atoms. The first-order chi connectivity index (χ1) is 10.0. The molecule has 2 rings (SSSR count). The van der Waals surface area contributed by atoms with Crippen molar-refractivity contribution in [2.75, 3.05) is 6.61 Å². The summed E-state index contributed by atoms with van der Waals surface area (Å²) < 4.78 is 5.85. The van der Waals surface area contributed by atoms with E-state index in [0.29, 0.717) is 6.61 Å². The second kappa shape index (κ2) is 6.73. The van der Waals surface area contributed by atoms with Crippen molar-refractivity contribution in [3.8, 4) is 11.8 Å². The lowest BCUT2D eigenvalue weighted by molar-refractivity contribution is 0.319. The van der Waals surface area contributed by atoms with Crippen LogP contribution in [0.2, 0.25) is 0 Å². The maximum Gasteiger partial charge on any atom is 0.128 e. The van der Waals surface area contributed by atoms with Gasteiger partial charge in [-0.05, 0) is 37.0 Å². The number of rotatable bonds is 5. The molecule has 0 saturated carbocycles. The Kier molecular flexibility index (Phi) is 4.98. The van der Waals surface area contributed by atoms with E-state index in [1.165, 1.54) is 16.9 Å². The van der Waals surface area contributed by atoms with Crippen molar-refractivity contribution in [1.82, 2.24) is 4.98 Å². The van der Waals surface area contributed by atoms with E-state index < -0.39 is 0 Å². The molecule has 1 heterocycles. The summed E-state index contributed by atoms with van der Waals surface area (Å²) in [5.41, 5.74) is 3.24. The van der Waals surface area contributed by atoms with Crippen LogP contribution in [0.15, 0.2) is 18.2 Å². The molecule has 0 fully saturated rings. The zero-order valence-electron chi connectivity index (χ0n) is 12.9. The van der Waals surface area contributed by atoms with Gasteiger partial charge in [0.25, 0.3) is 0 Å². The van der Waals surface area contributed by atoms with Crippen molar-refractivity contribution >= 4 is 11.3 Å². The van der Waals surface area contributed by atoms with Crippen LogP contribution in [-0.4, -0.2) is 11.6 Å². The summed E-state index contributed by atoms with van der Waals surface area (Å²) in [5.74, 6) is 1.21. The van der Waals surface area contributed by atoms with E-state index in [9.17, 15) is 0 Å². The summed E-state index contributed by atoms with van der Waals surface area (Å²) in [5, 5.41) is 10.1. The van der Waals surface area contributed by atoms with Gasteiger partial charge in [-0.2, -0.15) is 5.26 Å². The largest absolute Gasteiger partial charge is 0.493 e. The smallest absolute Gasteiger partial charge is 0.128 e. The summed E-state index contributed by atoms with van der Waals surface area (Å²) in [7, 11) is 0. The average molecular weight is 300 g/mol. The van der Waals surface area contributed by atoms with E-state index >= 15 is 0 Å². The van der Waals surface area contributed by atoms with E-state index in [0.717, 1.165) is 33.3 Å². The zero-order chi connectivity index (χ0) is 15.4. The minimum Gasteiger partial charge on any atom is -0.493 e. The molecule has 21 heavy (non-hydrogen) atoms. The fourth-order valence-corrected chi connectivity index (χ4v) is 3.06. The Labute approximate surface area is 130 Å². The Morgan fingerprint density at radius 3 is 2.71 bits per heavy atom. The topological polar surface area (TPSA) is 45.9 Å². The number of hydrogen-bond acceptors (Lipinski definition) is 4. The predicted octanol–water partition coefficient (Wildman–Crippen LogP) is 4.38. The third-order valence-electron chi connectivity index (χ3n) is 3.26. The second-order valence-corrected chi connectivity index (χ2v) is 6.54. The Bertz CT molecular complexity index is 668. The van der Waals surface area contributed by atoms with Crippen molar-refractivity contribution in [1.29, 1.82) is 5.26 Å². The Hall–Kier alpha value is -1.86. The average Bonchev–Trinajstić information content (AvgIpc) is 2.86. The standard InChI is InChI=1S/C17H20N2OS/c1-11(2)17-15(10-18)21-16(19-17)7-8-20-14-9-12(3)5-6-13(14)4/h5-6,9,11H,7-8H2,1-4H3. The minimum absolute atomic E-state index is 0.282. The van der Waals surface area contributed by atoms with Crippen LogP contribution in [0.25, 0.3) is 0 Å². The third-order valence-corrected chi connectivity index (χ3v) is 4.30. The van der Waals surface area contributed by atoms with E-state index in [4.69, 9.17) is 10.00 Å². The Morgan fingerprint density at radius 1 is 1.33 bits per heavy atom. The van der Waals surface area contributed by atoms with Crippen molar-refractivity contribution in [3.05, 3.63) is 44.9 Å². The molecule has 0 unspecified atom stereocenters. The molecule has 4 heteroatoms. The Morgan fingerprint density at radius 2 is 2.10 bits per heavy atom. The quantitative estimate of drug-likeness (QED) is 0.823. The molecule has 0 spiro atoms. The highest BCUT2D eigenvalue weighted by Gasteiger charge is 2.13. The van der Waals surface area contributed by atoms with Crippen LogP contribution >= 0.6 is 11.3 Å². The lowest BCUT2D eigenvalue weighted by atomic mass is 10.1. The number of nitriles is 1. The number of hydrogen-bond donors (Lipinski definition) is 0. The van der Waals surface area contributed by atoms with E-state index in [2.05, 4.69) is 50.0 Å². The van der Waals surface area contributed by atoms with Gasteiger partial charge in [0.2, 0.25) is 0 Å². The molecule has 0 aliphatic carbocycles. The monoisotopic (exact) mass is 300 g/mol. The van der Waals surface area contributed by atoms with Crippen LogP contribution in [0.4, 0.5) is 0 Å². The lowest BCUT2D eigenvalue weighted by Gasteiger charge is -2.09. The summed E-state index contributed by atoms with van der Waals surface area (Å²) in [4.78, 5) is 5.30. The molecule has 1 aromatic heterocycles. The van der Waals surface area contributed by atoms with Gasteiger partial charge >= 0.3 is 0 Å². The molecule has 0 aliphatic rings. The summed E-state index contributed by atoms with van der Waals surface area (Å²) >= 11 is 1.48. The normalized spacial score (nSPS) is 10.7. The molecule has 0 amide bonds. The maximum absolute atomic E-state index is 9.14. The number of ether oxygens (including phenoxy) is 1. The van der Waals surface area contributed by atoms with Crippen molar-refractivity contribution < 1.29 is 4.74 Å². The SMILES string of the molecule is Cc1ccc(C)c(OCCc2nc(C(C)C)c(C#N)s2)c1. The van der Waals surface area contributed by atoms with Gasteiger partial charge < -0.3 is 4.74 Å². The maximum atomic E-state index is 9.14. The molecule has 110 valence electrons. The van der Waals surface area contributed by atoms with Crippen LogP contribution in [0, 0.1) is 25.2 Å². The van der Waals surface area contributed by atoms with Gasteiger partial charge in [0.05, 0.1) is 17.3 Å². The highest BCUT2D eigenvalue weighted by atomic mass is 32.1. The van der Waals surface area contributed by atoms with Crippen LogP contribution in [-0.2, 0) is 6.42 Å². The van der Waals surface area contributed by atoms with Gasteiger partial charge in [-0.25, -0.2) is 4.98 Å². The Balaban J connectivity index is 2.01. The van der Waals surface area contributed by atoms with Gasteiger partial charge in [0.1, 0.15) is 16.7 Å². The summed E-state index contributed by atoms with van der Waals surface area (Å²) in [6.45, 7) is 8.81. The fourth-order valence-electron chi connectivity index (χ4n) is 2.07. The van der Waals surface area contributed by atoms with Crippen LogP contribution in [0.5, 0.6) is 5.75 Å². The molecule has 0 radical (unpaired) electrons. The van der Waals surface area contributed by atoms with Gasteiger partial charge in [-0.3, -0.25) is 0 Å². The number of thiazole rings is 1. The van der Waals surface area contributed by atoms with Crippen LogP contribution < -0.4 is 4.74 Å². The molecular weight excluding hydrogens is 280 g/mol. The molecule has 1 aromatic carbocycles. The lowest BCUT2D eigenvalue weighted by Crippen LogP contribution is -2.03. The predicted molar refractivity (Wildman–Crippen MR) is 86.0 cm³/mol. The molecular formula is C17H20N2OS. The van der Waals surface area contributed by atoms with E-state index in [1.807, 2.05) is 6.92 Å². The summed E-state index contributed by atoms with van der Waals surface area (Å²) in [6, 6.07) is 8.44. The second-order valence-electron chi connectivity index (χ2n) is 5.46. The highest BCUT2D eigenvalue weighted by Crippen LogP contribution is 2.25. The molecule has 0 aliphatic heterocycles. The van der Waals surface area contributed by atoms with Crippen molar-refractivity contribution in [2.24, 2.45) is 0 Å². The molecule has 2 aromatic rings. The molecule has 0 atom stereocenters. The van der Waals surface area contributed by atoms with Crippen LogP contribution in [0.3, 0.4) is 0 Å². The van der Waals surface area contributed by atoms with Crippen LogP contribution in [0.1, 0.15) is 46.5 Å². The van der Waals surface area contributed by atoms with Gasteiger partial charge in [0.15, 0.2) is 0 Å². The first-order valence-electron chi connectivity index (χ1n) is 7.11. The molecule has 3 nitrogen and oxygen atoms in total. The molecule has 0 N–H and O–H groups in total. The highest BCUT2D eigenvalue weighted by molar-refractivity contribution is 7.12. The van der Waals surface area contributed by atoms with Gasteiger partial charge in [-0.1, -0.05) is 26.0 Å². The zero-order valence-corrected chi connectivity index (χ0v) is 13.8. The van der Waals surface area contributed by atoms with E-state index in [1.54, 1.807) is 0 Å². The first-order valence-corrected chi connectivity index (χ1v) is 7.92. The third kappa shape index (κ3) is 3.83. The first kappa shape index (κ1) is 15.5. The van der Waals surface area contributed by atoms with Gasteiger partial charge in [-0.15, -0.1) is 11.3 Å². The number of nitrogens with zero attached hydrogens (tertiary/aromatic N) is 2. The molecule has 0 saturated heterocycles. The number of aryl methyl sites for hydroxylation is 2. The fraction of sp³-hybridized carbons (Fsp3) is 0.412. The minimum atomic E-state index is 0.282.